The second kappa shape index (κ2) is 8.31. The Morgan fingerprint density at radius 3 is 2.60 bits per heavy atom. The molecular weight excluding hydrogens is 334 g/mol. The van der Waals surface area contributed by atoms with Crippen molar-refractivity contribution in [3.63, 3.8) is 0 Å². The van der Waals surface area contributed by atoms with Gasteiger partial charge in [0.15, 0.2) is 0 Å². The van der Waals surface area contributed by atoms with Gasteiger partial charge in [-0.2, -0.15) is 0 Å². The highest BCUT2D eigenvalue weighted by Crippen LogP contribution is 2.16. The molecule has 1 aromatic heterocycles. The molecule has 0 atom stereocenters. The second-order valence-corrected chi connectivity index (χ2v) is 6.03. The molecule has 0 fully saturated rings. The Balaban J connectivity index is 1.59. The molecule has 25 heavy (non-hydrogen) atoms. The van der Waals surface area contributed by atoms with E-state index in [-0.39, 0.29) is 5.91 Å². The molecule has 0 saturated carbocycles. The molecule has 0 spiro atoms. The third kappa shape index (κ3) is 5.06. The standard InChI is InChI=1S/C20H18ClN3O/c21-17-7-4-8-18(12-17)24-20(25)16-11-19(14-22-13-16)23-10-9-15-5-2-1-3-6-15/h1-8,11-14,23H,9-10H2,(H,24,25). The second-order valence-electron chi connectivity index (χ2n) is 5.59. The van der Waals surface area contributed by atoms with Gasteiger partial charge in [0.05, 0.1) is 11.3 Å². The van der Waals surface area contributed by atoms with Crippen LogP contribution in [0.5, 0.6) is 0 Å². The van der Waals surface area contributed by atoms with Crippen LogP contribution in [0.25, 0.3) is 0 Å². The number of pyridine rings is 1. The lowest BCUT2D eigenvalue weighted by molar-refractivity contribution is 0.102. The summed E-state index contributed by atoms with van der Waals surface area (Å²) in [5, 5.41) is 6.69. The number of hydrogen-bond acceptors (Lipinski definition) is 3. The maximum atomic E-state index is 12.4. The molecule has 2 N–H and O–H groups in total. The van der Waals surface area contributed by atoms with Crippen molar-refractivity contribution in [3.8, 4) is 0 Å². The number of benzene rings is 2. The molecule has 0 aliphatic heterocycles. The molecule has 0 aliphatic rings. The predicted molar refractivity (Wildman–Crippen MR) is 102 cm³/mol. The quantitative estimate of drug-likeness (QED) is 0.680. The van der Waals surface area contributed by atoms with E-state index in [4.69, 9.17) is 11.6 Å². The third-order valence-corrected chi connectivity index (χ3v) is 3.90. The first-order chi connectivity index (χ1) is 12.2. The minimum atomic E-state index is -0.221. The van der Waals surface area contributed by atoms with Crippen LogP contribution in [0.1, 0.15) is 15.9 Å². The van der Waals surface area contributed by atoms with Gasteiger partial charge in [0, 0.05) is 29.6 Å². The van der Waals surface area contributed by atoms with Gasteiger partial charge in [-0.15, -0.1) is 0 Å². The Kier molecular flexibility index (Phi) is 5.65. The average molecular weight is 352 g/mol. The topological polar surface area (TPSA) is 54.0 Å². The van der Waals surface area contributed by atoms with Crippen molar-refractivity contribution in [1.29, 1.82) is 0 Å². The molecule has 0 radical (unpaired) electrons. The molecule has 126 valence electrons. The van der Waals surface area contributed by atoms with E-state index in [2.05, 4.69) is 27.8 Å². The summed E-state index contributed by atoms with van der Waals surface area (Å²) in [6.45, 7) is 0.769. The van der Waals surface area contributed by atoms with E-state index in [0.29, 0.717) is 16.3 Å². The van der Waals surface area contributed by atoms with E-state index in [1.165, 1.54) is 5.56 Å². The Morgan fingerprint density at radius 2 is 1.80 bits per heavy atom. The van der Waals surface area contributed by atoms with Gasteiger partial charge in [-0.25, -0.2) is 0 Å². The number of amides is 1. The summed E-state index contributed by atoms with van der Waals surface area (Å²) in [6, 6.07) is 19.1. The number of carbonyl (C=O) groups excluding carboxylic acids is 1. The van der Waals surface area contributed by atoms with Crippen molar-refractivity contribution < 1.29 is 4.79 Å². The number of nitrogens with zero attached hydrogens (tertiary/aromatic N) is 1. The molecule has 1 amide bonds. The van der Waals surface area contributed by atoms with E-state index in [1.807, 2.05) is 18.2 Å². The minimum Gasteiger partial charge on any atom is -0.383 e. The van der Waals surface area contributed by atoms with Crippen LogP contribution < -0.4 is 10.6 Å². The first kappa shape index (κ1) is 17.0. The number of aromatic nitrogens is 1. The number of carbonyl (C=O) groups is 1. The van der Waals surface area contributed by atoms with Crippen LogP contribution in [-0.4, -0.2) is 17.4 Å². The molecule has 5 heteroatoms. The van der Waals surface area contributed by atoms with Gasteiger partial charge in [0.2, 0.25) is 0 Å². The maximum absolute atomic E-state index is 12.4. The lowest BCUT2D eigenvalue weighted by Gasteiger charge is -2.09. The number of rotatable bonds is 6. The fourth-order valence-corrected chi connectivity index (χ4v) is 2.62. The van der Waals surface area contributed by atoms with Crippen molar-refractivity contribution in [1.82, 2.24) is 4.98 Å². The zero-order valence-electron chi connectivity index (χ0n) is 13.6. The first-order valence-electron chi connectivity index (χ1n) is 8.00. The first-order valence-corrected chi connectivity index (χ1v) is 8.38. The fourth-order valence-electron chi connectivity index (χ4n) is 2.43. The lowest BCUT2D eigenvalue weighted by atomic mass is 10.1. The Labute approximate surface area is 151 Å². The van der Waals surface area contributed by atoms with Gasteiger partial charge in [-0.05, 0) is 36.2 Å². The van der Waals surface area contributed by atoms with Gasteiger partial charge < -0.3 is 10.6 Å². The molecule has 1 heterocycles. The van der Waals surface area contributed by atoms with Crippen molar-refractivity contribution in [2.24, 2.45) is 0 Å². The molecule has 3 aromatic rings. The average Bonchev–Trinajstić information content (AvgIpc) is 2.63. The van der Waals surface area contributed by atoms with E-state index in [1.54, 1.807) is 42.7 Å². The molecular formula is C20H18ClN3O. The van der Waals surface area contributed by atoms with E-state index >= 15 is 0 Å². The number of anilines is 2. The Hall–Kier alpha value is -2.85. The van der Waals surface area contributed by atoms with Crippen LogP contribution in [0.4, 0.5) is 11.4 Å². The van der Waals surface area contributed by atoms with Gasteiger partial charge in [0.1, 0.15) is 0 Å². The van der Waals surface area contributed by atoms with Crippen LogP contribution in [0.15, 0.2) is 73.1 Å². The summed E-state index contributed by atoms with van der Waals surface area (Å²) in [6.07, 6.45) is 4.16. The zero-order valence-corrected chi connectivity index (χ0v) is 14.3. The molecule has 4 nitrogen and oxygen atoms in total. The Morgan fingerprint density at radius 1 is 0.960 bits per heavy atom. The summed E-state index contributed by atoms with van der Waals surface area (Å²) < 4.78 is 0. The van der Waals surface area contributed by atoms with Crippen LogP contribution in [0, 0.1) is 0 Å². The van der Waals surface area contributed by atoms with Crippen LogP contribution in [0.3, 0.4) is 0 Å². The van der Waals surface area contributed by atoms with Crippen LogP contribution >= 0.6 is 11.6 Å². The molecule has 0 bridgehead atoms. The maximum Gasteiger partial charge on any atom is 0.257 e. The molecule has 3 rings (SSSR count). The molecule has 0 saturated heterocycles. The monoisotopic (exact) mass is 351 g/mol. The number of halogens is 1. The summed E-state index contributed by atoms with van der Waals surface area (Å²) in [7, 11) is 0. The largest absolute Gasteiger partial charge is 0.383 e. The Bertz CT molecular complexity index is 852. The van der Waals surface area contributed by atoms with Gasteiger partial charge >= 0.3 is 0 Å². The summed E-state index contributed by atoms with van der Waals surface area (Å²) in [5.41, 5.74) is 3.22. The smallest absolute Gasteiger partial charge is 0.257 e. The highest BCUT2D eigenvalue weighted by atomic mass is 35.5. The van der Waals surface area contributed by atoms with Crippen molar-refractivity contribution >= 4 is 28.9 Å². The van der Waals surface area contributed by atoms with Crippen LogP contribution in [0.2, 0.25) is 5.02 Å². The fraction of sp³-hybridized carbons (Fsp3) is 0.100. The van der Waals surface area contributed by atoms with Crippen molar-refractivity contribution in [2.75, 3.05) is 17.2 Å². The normalized spacial score (nSPS) is 10.3. The molecule has 0 aliphatic carbocycles. The number of nitrogens with one attached hydrogen (secondary N) is 2. The molecule has 2 aromatic carbocycles. The zero-order chi connectivity index (χ0) is 17.5. The molecule has 0 unspecified atom stereocenters. The summed E-state index contributed by atoms with van der Waals surface area (Å²) in [4.78, 5) is 16.5. The summed E-state index contributed by atoms with van der Waals surface area (Å²) >= 11 is 5.93. The van der Waals surface area contributed by atoms with E-state index in [9.17, 15) is 4.79 Å². The van der Waals surface area contributed by atoms with Crippen molar-refractivity contribution in [3.05, 3.63) is 89.2 Å². The van der Waals surface area contributed by atoms with Gasteiger partial charge in [-0.1, -0.05) is 48.0 Å². The highest BCUT2D eigenvalue weighted by molar-refractivity contribution is 6.30. The SMILES string of the molecule is O=C(Nc1cccc(Cl)c1)c1cncc(NCCc2ccccc2)c1. The van der Waals surface area contributed by atoms with E-state index in [0.717, 1.165) is 18.7 Å². The van der Waals surface area contributed by atoms with Gasteiger partial charge in [0.25, 0.3) is 5.91 Å². The summed E-state index contributed by atoms with van der Waals surface area (Å²) in [5.74, 6) is -0.221. The predicted octanol–water partition coefficient (Wildman–Crippen LogP) is 4.64. The van der Waals surface area contributed by atoms with Crippen molar-refractivity contribution in [2.45, 2.75) is 6.42 Å². The van der Waals surface area contributed by atoms with Crippen LogP contribution in [-0.2, 0) is 6.42 Å². The minimum absolute atomic E-state index is 0.221. The van der Waals surface area contributed by atoms with E-state index < -0.39 is 0 Å². The van der Waals surface area contributed by atoms with Gasteiger partial charge in [-0.3, -0.25) is 9.78 Å². The highest BCUT2D eigenvalue weighted by Gasteiger charge is 2.08. The lowest BCUT2D eigenvalue weighted by Crippen LogP contribution is -2.13. The third-order valence-electron chi connectivity index (χ3n) is 3.67. The number of hydrogen-bond donors (Lipinski definition) is 2.